The number of guanidine groups is 1. The topological polar surface area (TPSA) is 82.3 Å². The Kier molecular flexibility index (Phi) is 7.77. The Morgan fingerprint density at radius 2 is 2.19 bits per heavy atom. The van der Waals surface area contributed by atoms with Gasteiger partial charge in [0.25, 0.3) is 0 Å². The van der Waals surface area contributed by atoms with Crippen LogP contribution in [0, 0.1) is 5.82 Å². The van der Waals surface area contributed by atoms with Crippen molar-refractivity contribution >= 4 is 29.9 Å². The summed E-state index contributed by atoms with van der Waals surface area (Å²) in [7, 11) is 1.90. The SMILES string of the molecule is CCNC(=NCc1nc(-c2ccco2)n[nH]1)N(C)Cc1cccc(F)c1.I. The number of nitrogens with one attached hydrogen (secondary N) is 2. The average Bonchev–Trinajstić information content (AvgIpc) is 3.29. The van der Waals surface area contributed by atoms with Crippen LogP contribution in [0.1, 0.15) is 18.3 Å². The van der Waals surface area contributed by atoms with Crippen molar-refractivity contribution in [3.63, 3.8) is 0 Å². The molecule has 0 bridgehead atoms. The molecule has 9 heteroatoms. The molecule has 0 fully saturated rings. The lowest BCUT2D eigenvalue weighted by atomic mass is 10.2. The molecule has 3 rings (SSSR count). The maximum Gasteiger partial charge on any atom is 0.216 e. The third kappa shape index (κ3) is 5.78. The van der Waals surface area contributed by atoms with Crippen molar-refractivity contribution in [2.75, 3.05) is 13.6 Å². The van der Waals surface area contributed by atoms with Crippen molar-refractivity contribution in [2.24, 2.45) is 4.99 Å². The molecular formula is C18H22FIN6O. The second kappa shape index (κ2) is 10.0. The van der Waals surface area contributed by atoms with Crippen LogP contribution < -0.4 is 5.32 Å². The zero-order valence-corrected chi connectivity index (χ0v) is 17.5. The highest BCUT2D eigenvalue weighted by atomic mass is 127. The van der Waals surface area contributed by atoms with Crippen LogP contribution in [-0.2, 0) is 13.1 Å². The van der Waals surface area contributed by atoms with Crippen LogP contribution in [0.3, 0.4) is 0 Å². The summed E-state index contributed by atoms with van der Waals surface area (Å²) in [4.78, 5) is 10.9. The van der Waals surface area contributed by atoms with Crippen molar-refractivity contribution in [3.8, 4) is 11.6 Å². The number of aromatic nitrogens is 3. The van der Waals surface area contributed by atoms with Gasteiger partial charge < -0.3 is 14.6 Å². The first-order valence-electron chi connectivity index (χ1n) is 8.34. The molecule has 27 heavy (non-hydrogen) atoms. The number of aliphatic imine (C=N–C) groups is 1. The molecule has 0 saturated heterocycles. The lowest BCUT2D eigenvalue weighted by Gasteiger charge is -2.22. The molecular weight excluding hydrogens is 462 g/mol. The second-order valence-corrected chi connectivity index (χ2v) is 5.74. The number of hydrogen-bond donors (Lipinski definition) is 2. The Balaban J connectivity index is 0.00000261. The molecule has 0 aliphatic rings. The quantitative estimate of drug-likeness (QED) is 0.319. The highest BCUT2D eigenvalue weighted by molar-refractivity contribution is 14.0. The van der Waals surface area contributed by atoms with Crippen LogP contribution in [0.5, 0.6) is 0 Å². The van der Waals surface area contributed by atoms with Gasteiger partial charge in [0.2, 0.25) is 5.82 Å². The van der Waals surface area contributed by atoms with Crippen LogP contribution in [-0.4, -0.2) is 39.6 Å². The van der Waals surface area contributed by atoms with Crippen molar-refractivity contribution in [2.45, 2.75) is 20.0 Å². The zero-order valence-electron chi connectivity index (χ0n) is 15.1. The van der Waals surface area contributed by atoms with E-state index in [1.165, 1.54) is 12.1 Å². The summed E-state index contributed by atoms with van der Waals surface area (Å²) >= 11 is 0. The third-order valence-corrected chi connectivity index (χ3v) is 3.66. The van der Waals surface area contributed by atoms with E-state index in [9.17, 15) is 4.39 Å². The van der Waals surface area contributed by atoms with Gasteiger partial charge >= 0.3 is 0 Å². The molecule has 3 aromatic rings. The van der Waals surface area contributed by atoms with E-state index < -0.39 is 0 Å². The van der Waals surface area contributed by atoms with Gasteiger partial charge in [-0.15, -0.1) is 29.1 Å². The molecule has 2 N–H and O–H groups in total. The van der Waals surface area contributed by atoms with Crippen LogP contribution in [0.2, 0.25) is 0 Å². The van der Waals surface area contributed by atoms with Gasteiger partial charge in [0.05, 0.1) is 6.26 Å². The van der Waals surface area contributed by atoms with E-state index in [0.29, 0.717) is 36.5 Å². The van der Waals surface area contributed by atoms with Gasteiger partial charge in [-0.2, -0.15) is 0 Å². The van der Waals surface area contributed by atoms with Gasteiger partial charge in [-0.1, -0.05) is 12.1 Å². The van der Waals surface area contributed by atoms with Gasteiger partial charge in [-0.3, -0.25) is 5.10 Å². The van der Waals surface area contributed by atoms with Crippen LogP contribution in [0.25, 0.3) is 11.6 Å². The summed E-state index contributed by atoms with van der Waals surface area (Å²) in [5.41, 5.74) is 0.873. The molecule has 2 heterocycles. The average molecular weight is 484 g/mol. The summed E-state index contributed by atoms with van der Waals surface area (Å²) in [5, 5.41) is 10.2. The fourth-order valence-corrected chi connectivity index (χ4v) is 2.49. The zero-order chi connectivity index (χ0) is 18.4. The minimum absolute atomic E-state index is 0. The summed E-state index contributed by atoms with van der Waals surface area (Å²) in [6.45, 7) is 3.59. The molecule has 0 spiro atoms. The summed E-state index contributed by atoms with van der Waals surface area (Å²) in [5.74, 6) is 2.19. The highest BCUT2D eigenvalue weighted by Crippen LogP contribution is 2.14. The molecule has 7 nitrogen and oxygen atoms in total. The van der Waals surface area contributed by atoms with E-state index in [1.807, 2.05) is 24.9 Å². The first kappa shape index (κ1) is 20.9. The predicted molar refractivity (Wildman–Crippen MR) is 112 cm³/mol. The first-order valence-corrected chi connectivity index (χ1v) is 8.34. The Morgan fingerprint density at radius 3 is 2.89 bits per heavy atom. The fourth-order valence-electron chi connectivity index (χ4n) is 2.49. The van der Waals surface area contributed by atoms with Gasteiger partial charge in [-0.25, -0.2) is 14.4 Å². The highest BCUT2D eigenvalue weighted by Gasteiger charge is 2.10. The largest absolute Gasteiger partial charge is 0.461 e. The number of nitrogens with zero attached hydrogens (tertiary/aromatic N) is 4. The summed E-state index contributed by atoms with van der Waals surface area (Å²) in [6.07, 6.45) is 1.58. The van der Waals surface area contributed by atoms with E-state index in [2.05, 4.69) is 25.5 Å². The number of aromatic amines is 1. The number of benzene rings is 1. The van der Waals surface area contributed by atoms with Crippen LogP contribution >= 0.6 is 24.0 Å². The van der Waals surface area contributed by atoms with E-state index in [1.54, 1.807) is 24.5 Å². The van der Waals surface area contributed by atoms with E-state index in [-0.39, 0.29) is 29.8 Å². The monoisotopic (exact) mass is 484 g/mol. The lowest BCUT2D eigenvalue weighted by molar-refractivity contribution is 0.474. The molecule has 2 aromatic heterocycles. The minimum Gasteiger partial charge on any atom is -0.461 e. The van der Waals surface area contributed by atoms with Crippen molar-refractivity contribution in [1.29, 1.82) is 0 Å². The normalized spacial score (nSPS) is 11.1. The Morgan fingerprint density at radius 1 is 1.33 bits per heavy atom. The van der Waals surface area contributed by atoms with Gasteiger partial charge in [-0.05, 0) is 36.8 Å². The second-order valence-electron chi connectivity index (χ2n) is 5.74. The number of rotatable bonds is 6. The molecule has 1 aromatic carbocycles. The number of furan rings is 1. The number of hydrogen-bond acceptors (Lipinski definition) is 4. The maximum atomic E-state index is 13.4. The van der Waals surface area contributed by atoms with Crippen molar-refractivity contribution in [1.82, 2.24) is 25.4 Å². The maximum absolute atomic E-state index is 13.4. The van der Waals surface area contributed by atoms with Crippen LogP contribution in [0.4, 0.5) is 4.39 Å². The number of halogens is 2. The molecule has 144 valence electrons. The van der Waals surface area contributed by atoms with E-state index in [4.69, 9.17) is 4.42 Å². The lowest BCUT2D eigenvalue weighted by Crippen LogP contribution is -2.38. The Labute approximate surface area is 174 Å². The van der Waals surface area contributed by atoms with Gasteiger partial charge in [0.15, 0.2) is 11.7 Å². The molecule has 0 radical (unpaired) electrons. The summed E-state index contributed by atoms with van der Waals surface area (Å²) < 4.78 is 18.6. The van der Waals surface area contributed by atoms with Crippen molar-refractivity contribution in [3.05, 3.63) is 59.9 Å². The molecule has 0 saturated carbocycles. The molecule has 0 unspecified atom stereocenters. The molecule has 0 aliphatic carbocycles. The molecule has 0 amide bonds. The third-order valence-electron chi connectivity index (χ3n) is 3.66. The minimum atomic E-state index is -0.245. The summed E-state index contributed by atoms with van der Waals surface area (Å²) in [6, 6.07) is 10.1. The van der Waals surface area contributed by atoms with Gasteiger partial charge in [0, 0.05) is 20.1 Å². The Hall–Kier alpha value is -2.43. The smallest absolute Gasteiger partial charge is 0.216 e. The fraction of sp³-hybridized carbons (Fsp3) is 0.278. The van der Waals surface area contributed by atoms with E-state index in [0.717, 1.165) is 12.1 Å². The Bertz CT molecular complexity index is 864. The molecule has 0 aliphatic heterocycles. The predicted octanol–water partition coefficient (Wildman–Crippen LogP) is 3.42. The standard InChI is InChI=1S/C18H21FN6O.HI/c1-3-20-18(25(2)12-13-6-4-7-14(19)10-13)21-11-16-22-17(24-23-16)15-8-5-9-26-15;/h4-10H,3,11-12H2,1-2H3,(H,20,21)(H,22,23,24);1H. The number of H-pyrrole nitrogens is 1. The van der Waals surface area contributed by atoms with Crippen LogP contribution in [0.15, 0.2) is 52.1 Å². The molecule has 0 atom stereocenters. The first-order chi connectivity index (χ1) is 12.7. The van der Waals surface area contributed by atoms with Crippen molar-refractivity contribution < 1.29 is 8.81 Å². The van der Waals surface area contributed by atoms with Gasteiger partial charge in [0.1, 0.15) is 18.2 Å². The van der Waals surface area contributed by atoms with E-state index >= 15 is 0 Å².